The highest BCUT2D eigenvalue weighted by atomic mass is 32.1. The van der Waals surface area contributed by atoms with Crippen molar-refractivity contribution in [2.75, 3.05) is 19.5 Å². The zero-order chi connectivity index (χ0) is 16.9. The molecule has 0 saturated heterocycles. The molecule has 2 aromatic carbocycles. The number of ether oxygens (including phenoxy) is 2. The van der Waals surface area contributed by atoms with Crippen LogP contribution in [0.1, 0.15) is 17.5 Å². The minimum absolute atomic E-state index is 0.430. The van der Waals surface area contributed by atoms with Gasteiger partial charge in [-0.2, -0.15) is 5.10 Å². The van der Waals surface area contributed by atoms with E-state index in [2.05, 4.69) is 34.0 Å². The number of fused-ring (bicyclic) bond motifs is 1. The van der Waals surface area contributed by atoms with E-state index in [9.17, 15) is 0 Å². The standard InChI is InChI=1S/C18H19N3O2S/c1-22-16-10-8-13(11-17(16)23-2)19-18(24)21-20-15-9-7-12-5-3-4-6-14(12)15/h3-6,8,10-11H,7,9H2,1-2H3,(H2,19,21,24)/b20-15-. The lowest BCUT2D eigenvalue weighted by atomic mass is 10.1. The number of rotatable bonds is 4. The Morgan fingerprint density at radius 2 is 1.83 bits per heavy atom. The van der Waals surface area contributed by atoms with E-state index in [1.165, 1.54) is 11.1 Å². The Morgan fingerprint density at radius 1 is 1.04 bits per heavy atom. The van der Waals surface area contributed by atoms with Gasteiger partial charge in [0.15, 0.2) is 16.6 Å². The third-order valence-electron chi connectivity index (χ3n) is 3.89. The third-order valence-corrected chi connectivity index (χ3v) is 4.09. The number of thiocarbonyl (C=S) groups is 1. The second kappa shape index (κ2) is 7.31. The summed E-state index contributed by atoms with van der Waals surface area (Å²) in [6, 6.07) is 13.8. The fraction of sp³-hybridized carbons (Fsp3) is 0.222. The van der Waals surface area contributed by atoms with Crippen LogP contribution in [0.2, 0.25) is 0 Å². The number of nitrogens with one attached hydrogen (secondary N) is 2. The summed E-state index contributed by atoms with van der Waals surface area (Å²) < 4.78 is 10.5. The van der Waals surface area contributed by atoms with Crippen molar-refractivity contribution < 1.29 is 9.47 Å². The predicted octanol–water partition coefficient (Wildman–Crippen LogP) is 3.34. The van der Waals surface area contributed by atoms with Crippen LogP contribution in [0.3, 0.4) is 0 Å². The lowest BCUT2D eigenvalue weighted by Crippen LogP contribution is -2.25. The summed E-state index contributed by atoms with van der Waals surface area (Å²) in [5.74, 6) is 1.31. The molecular weight excluding hydrogens is 322 g/mol. The first kappa shape index (κ1) is 16.3. The summed E-state index contributed by atoms with van der Waals surface area (Å²) in [6.45, 7) is 0. The molecule has 0 heterocycles. The molecule has 24 heavy (non-hydrogen) atoms. The maximum absolute atomic E-state index is 5.31. The molecule has 1 aliphatic carbocycles. The Morgan fingerprint density at radius 3 is 2.62 bits per heavy atom. The molecule has 2 aromatic rings. The lowest BCUT2D eigenvalue weighted by molar-refractivity contribution is 0.355. The molecule has 0 atom stereocenters. The fourth-order valence-corrected chi connectivity index (χ4v) is 2.88. The minimum atomic E-state index is 0.430. The van der Waals surface area contributed by atoms with Gasteiger partial charge in [-0.3, -0.25) is 5.43 Å². The number of hydrogen-bond donors (Lipinski definition) is 2. The highest BCUT2D eigenvalue weighted by molar-refractivity contribution is 7.80. The Bertz CT molecular complexity index is 790. The van der Waals surface area contributed by atoms with E-state index in [0.29, 0.717) is 16.6 Å². The van der Waals surface area contributed by atoms with Crippen LogP contribution in [-0.4, -0.2) is 25.0 Å². The first-order chi connectivity index (χ1) is 11.7. The molecule has 0 saturated carbocycles. The largest absolute Gasteiger partial charge is 0.493 e. The molecule has 0 radical (unpaired) electrons. The summed E-state index contributed by atoms with van der Waals surface area (Å²) in [5.41, 5.74) is 7.27. The van der Waals surface area contributed by atoms with E-state index in [-0.39, 0.29) is 0 Å². The number of methoxy groups -OCH3 is 2. The molecule has 0 spiro atoms. The second-order valence-corrected chi connectivity index (χ2v) is 5.76. The number of hydrazone groups is 1. The molecule has 1 aliphatic rings. The van der Waals surface area contributed by atoms with E-state index in [0.717, 1.165) is 24.2 Å². The van der Waals surface area contributed by atoms with Crippen molar-refractivity contribution in [3.63, 3.8) is 0 Å². The normalized spacial score (nSPS) is 14.2. The monoisotopic (exact) mass is 341 g/mol. The van der Waals surface area contributed by atoms with Crippen molar-refractivity contribution in [3.8, 4) is 11.5 Å². The van der Waals surface area contributed by atoms with Gasteiger partial charge in [-0.1, -0.05) is 24.3 Å². The fourth-order valence-electron chi connectivity index (χ4n) is 2.71. The van der Waals surface area contributed by atoms with Crippen LogP contribution < -0.4 is 20.2 Å². The van der Waals surface area contributed by atoms with Crippen molar-refractivity contribution in [1.29, 1.82) is 0 Å². The zero-order valence-electron chi connectivity index (χ0n) is 13.6. The highest BCUT2D eigenvalue weighted by Gasteiger charge is 2.16. The number of anilines is 1. The van der Waals surface area contributed by atoms with E-state index < -0.39 is 0 Å². The molecule has 0 aromatic heterocycles. The average molecular weight is 341 g/mol. The predicted molar refractivity (Wildman–Crippen MR) is 100 cm³/mol. The average Bonchev–Trinajstić information content (AvgIpc) is 3.03. The van der Waals surface area contributed by atoms with E-state index in [1.807, 2.05) is 24.3 Å². The Labute approximate surface area is 146 Å². The molecule has 0 unspecified atom stereocenters. The van der Waals surface area contributed by atoms with Crippen LogP contribution in [0, 0.1) is 0 Å². The van der Waals surface area contributed by atoms with Gasteiger partial charge in [0.25, 0.3) is 0 Å². The first-order valence-corrected chi connectivity index (χ1v) is 8.06. The molecule has 0 aliphatic heterocycles. The highest BCUT2D eigenvalue weighted by Crippen LogP contribution is 2.29. The van der Waals surface area contributed by atoms with Gasteiger partial charge in [0.1, 0.15) is 0 Å². The zero-order valence-corrected chi connectivity index (χ0v) is 14.4. The lowest BCUT2D eigenvalue weighted by Gasteiger charge is -2.11. The molecule has 2 N–H and O–H groups in total. The van der Waals surface area contributed by atoms with Gasteiger partial charge < -0.3 is 14.8 Å². The van der Waals surface area contributed by atoms with E-state index in [1.54, 1.807) is 14.2 Å². The molecule has 6 heteroatoms. The minimum Gasteiger partial charge on any atom is -0.493 e. The maximum Gasteiger partial charge on any atom is 0.191 e. The second-order valence-electron chi connectivity index (χ2n) is 5.35. The summed E-state index contributed by atoms with van der Waals surface area (Å²) >= 11 is 5.31. The number of hydrogen-bond acceptors (Lipinski definition) is 4. The van der Waals surface area contributed by atoms with E-state index in [4.69, 9.17) is 21.7 Å². The molecule has 3 rings (SSSR count). The van der Waals surface area contributed by atoms with Crippen molar-refractivity contribution in [2.45, 2.75) is 12.8 Å². The molecule has 0 amide bonds. The maximum atomic E-state index is 5.31. The Kier molecular flexibility index (Phi) is 4.96. The van der Waals surface area contributed by atoms with Gasteiger partial charge in [-0.25, -0.2) is 0 Å². The van der Waals surface area contributed by atoms with Crippen LogP contribution >= 0.6 is 12.2 Å². The molecule has 5 nitrogen and oxygen atoms in total. The Hall–Kier alpha value is -2.60. The molecule has 124 valence electrons. The van der Waals surface area contributed by atoms with Gasteiger partial charge in [0, 0.05) is 17.3 Å². The summed E-state index contributed by atoms with van der Waals surface area (Å²) in [5, 5.41) is 7.97. The summed E-state index contributed by atoms with van der Waals surface area (Å²) in [7, 11) is 3.20. The number of benzene rings is 2. The van der Waals surface area contributed by atoms with Crippen LogP contribution in [0.25, 0.3) is 0 Å². The first-order valence-electron chi connectivity index (χ1n) is 7.65. The van der Waals surface area contributed by atoms with Crippen molar-refractivity contribution in [3.05, 3.63) is 53.6 Å². The van der Waals surface area contributed by atoms with Gasteiger partial charge in [0.05, 0.1) is 19.9 Å². The van der Waals surface area contributed by atoms with Gasteiger partial charge in [0.2, 0.25) is 0 Å². The number of aryl methyl sites for hydroxylation is 1. The van der Waals surface area contributed by atoms with Crippen LogP contribution in [0.5, 0.6) is 11.5 Å². The van der Waals surface area contributed by atoms with Crippen molar-refractivity contribution in [2.24, 2.45) is 5.10 Å². The quantitative estimate of drug-likeness (QED) is 0.660. The van der Waals surface area contributed by atoms with Crippen LogP contribution in [-0.2, 0) is 6.42 Å². The molecule has 0 fully saturated rings. The third kappa shape index (κ3) is 3.49. The van der Waals surface area contributed by atoms with Gasteiger partial charge in [-0.05, 0) is 42.8 Å². The van der Waals surface area contributed by atoms with E-state index >= 15 is 0 Å². The van der Waals surface area contributed by atoms with Gasteiger partial charge >= 0.3 is 0 Å². The van der Waals surface area contributed by atoms with Crippen molar-refractivity contribution >= 4 is 28.7 Å². The SMILES string of the molecule is COc1ccc(NC(=S)N/N=C2/CCc3ccccc32)cc1OC. The van der Waals surface area contributed by atoms with Crippen LogP contribution in [0.15, 0.2) is 47.6 Å². The number of nitrogens with zero attached hydrogens (tertiary/aromatic N) is 1. The van der Waals surface area contributed by atoms with Crippen LogP contribution in [0.4, 0.5) is 5.69 Å². The molecular formula is C18H19N3O2S. The smallest absolute Gasteiger partial charge is 0.191 e. The Balaban J connectivity index is 1.66. The molecule has 0 bridgehead atoms. The van der Waals surface area contributed by atoms with Crippen molar-refractivity contribution in [1.82, 2.24) is 5.43 Å². The summed E-state index contributed by atoms with van der Waals surface area (Å²) in [4.78, 5) is 0. The summed E-state index contributed by atoms with van der Waals surface area (Å²) in [6.07, 6.45) is 1.94. The topological polar surface area (TPSA) is 54.9 Å². The van der Waals surface area contributed by atoms with Gasteiger partial charge in [-0.15, -0.1) is 0 Å².